The van der Waals surface area contributed by atoms with Gasteiger partial charge in [0.25, 0.3) is 0 Å². The molecule has 0 N–H and O–H groups in total. The van der Waals surface area contributed by atoms with E-state index in [0.717, 1.165) is 116 Å². The molecular formula is C61H116N2O7. The van der Waals surface area contributed by atoms with Crippen molar-refractivity contribution in [2.45, 2.75) is 298 Å². The summed E-state index contributed by atoms with van der Waals surface area (Å²) in [5.74, 6) is -0.145. The number of allylic oxidation sites excluding steroid dienone is 4. The van der Waals surface area contributed by atoms with Gasteiger partial charge in [0.15, 0.2) is 0 Å². The summed E-state index contributed by atoms with van der Waals surface area (Å²) >= 11 is 0. The molecule has 0 radical (unpaired) electrons. The summed E-state index contributed by atoms with van der Waals surface area (Å²) in [7, 11) is 0. The molecule has 0 aromatic rings. The molecule has 0 heterocycles. The molecule has 0 amide bonds. The maximum atomic E-state index is 12.9. The van der Waals surface area contributed by atoms with Crippen molar-refractivity contribution in [3.05, 3.63) is 24.3 Å². The molecule has 0 aliphatic carbocycles. The molecule has 0 saturated heterocycles. The van der Waals surface area contributed by atoms with Crippen molar-refractivity contribution in [1.82, 2.24) is 9.80 Å². The number of nitrogens with zero attached hydrogens (tertiary/aromatic N) is 2. The fourth-order valence-electron chi connectivity index (χ4n) is 8.97. The fourth-order valence-corrected chi connectivity index (χ4v) is 8.97. The van der Waals surface area contributed by atoms with Crippen LogP contribution in [0.1, 0.15) is 286 Å². The molecule has 0 aliphatic heterocycles. The lowest BCUT2D eigenvalue weighted by atomic mass is 10.0. The van der Waals surface area contributed by atoms with Crippen LogP contribution in [-0.4, -0.2) is 92.6 Å². The standard InChI is InChI=1S/C61H116N2O7/c1-7-11-13-15-17-19-21-23-25-27-29-31-33-35-43-49-59(64)67-54-45-39-37-41-47-58(70-61(66)69-56-53-63(57(5)6)52-51-62(9-3)10-4)48-42-38-40-46-55-68-60(65)50-44-36-34-32-30-28-26-24-22-20-18-16-14-12-8-2/h23-26,57-58H,7-22,27-56H2,1-6H3/b25-23-,26-24-. The van der Waals surface area contributed by atoms with Gasteiger partial charge in [-0.05, 0) is 130 Å². The van der Waals surface area contributed by atoms with Crippen LogP contribution in [0.4, 0.5) is 4.79 Å². The molecular weight excluding hydrogens is 873 g/mol. The maximum Gasteiger partial charge on any atom is 0.508 e. The van der Waals surface area contributed by atoms with Crippen molar-refractivity contribution in [3.63, 3.8) is 0 Å². The normalized spacial score (nSPS) is 11.9. The first-order valence-corrected chi connectivity index (χ1v) is 30.2. The van der Waals surface area contributed by atoms with E-state index in [1.54, 1.807) is 0 Å². The summed E-state index contributed by atoms with van der Waals surface area (Å²) in [6.45, 7) is 19.2. The SMILES string of the molecule is CCCCCCCC/C=C\CCCCCCCC(=O)OCCCCCCC(CCCCCCOC(=O)CCCCCCC/C=C\CCCCCCCC)OC(=O)OCCN(CCN(CC)CC)C(C)C. The molecule has 0 fully saturated rings. The third-order valence-corrected chi connectivity index (χ3v) is 13.8. The molecule has 0 aromatic heterocycles. The van der Waals surface area contributed by atoms with Crippen LogP contribution in [-0.2, 0) is 28.5 Å². The topological polar surface area (TPSA) is 94.6 Å². The van der Waals surface area contributed by atoms with Gasteiger partial charge in [0.05, 0.1) is 13.2 Å². The van der Waals surface area contributed by atoms with E-state index in [9.17, 15) is 14.4 Å². The minimum Gasteiger partial charge on any atom is -0.466 e. The Bertz CT molecular complexity index is 1120. The van der Waals surface area contributed by atoms with Gasteiger partial charge in [0.1, 0.15) is 12.7 Å². The number of hydrogen-bond donors (Lipinski definition) is 0. The molecule has 70 heavy (non-hydrogen) atoms. The number of carbonyl (C=O) groups excluding carboxylic acids is 3. The van der Waals surface area contributed by atoms with Crippen LogP contribution < -0.4 is 0 Å². The van der Waals surface area contributed by atoms with Gasteiger partial charge in [-0.2, -0.15) is 0 Å². The smallest absolute Gasteiger partial charge is 0.466 e. The highest BCUT2D eigenvalue weighted by atomic mass is 16.7. The summed E-state index contributed by atoms with van der Waals surface area (Å²) in [6, 6.07) is 0.365. The molecule has 0 rings (SSSR count). The van der Waals surface area contributed by atoms with Crippen molar-refractivity contribution in [2.24, 2.45) is 0 Å². The van der Waals surface area contributed by atoms with E-state index in [1.807, 2.05) is 0 Å². The summed E-state index contributed by atoms with van der Waals surface area (Å²) < 4.78 is 22.6. The Kier molecular flexibility index (Phi) is 52.5. The lowest BCUT2D eigenvalue weighted by Crippen LogP contribution is -2.40. The zero-order valence-corrected chi connectivity index (χ0v) is 47.2. The summed E-state index contributed by atoms with van der Waals surface area (Å²) in [5.41, 5.74) is 0. The van der Waals surface area contributed by atoms with Crippen molar-refractivity contribution in [3.8, 4) is 0 Å². The van der Waals surface area contributed by atoms with Gasteiger partial charge in [-0.1, -0.05) is 180 Å². The Morgan fingerprint density at radius 2 is 0.771 bits per heavy atom. The number of esters is 2. The number of hydrogen-bond acceptors (Lipinski definition) is 9. The number of unbranched alkanes of at least 4 members (excludes halogenated alkanes) is 28. The van der Waals surface area contributed by atoms with E-state index in [2.05, 4.69) is 75.6 Å². The van der Waals surface area contributed by atoms with Crippen molar-refractivity contribution in [2.75, 3.05) is 52.5 Å². The number of rotatable bonds is 54. The molecule has 0 saturated carbocycles. The van der Waals surface area contributed by atoms with E-state index in [-0.39, 0.29) is 18.0 Å². The van der Waals surface area contributed by atoms with Crippen molar-refractivity contribution >= 4 is 18.1 Å². The Hall–Kier alpha value is -2.39. The van der Waals surface area contributed by atoms with E-state index in [1.165, 1.54) is 141 Å². The van der Waals surface area contributed by atoms with E-state index >= 15 is 0 Å². The molecule has 412 valence electrons. The maximum absolute atomic E-state index is 12.9. The van der Waals surface area contributed by atoms with Gasteiger partial charge < -0.3 is 23.8 Å². The second kappa shape index (κ2) is 54.4. The Balaban J connectivity index is 4.37. The average Bonchev–Trinajstić information content (AvgIpc) is 3.35. The van der Waals surface area contributed by atoms with E-state index < -0.39 is 6.16 Å². The molecule has 9 heteroatoms. The second-order valence-electron chi connectivity index (χ2n) is 20.5. The van der Waals surface area contributed by atoms with Gasteiger partial charge in [-0.25, -0.2) is 4.79 Å². The molecule has 0 bridgehead atoms. The largest absolute Gasteiger partial charge is 0.508 e. The van der Waals surface area contributed by atoms with E-state index in [0.29, 0.717) is 45.2 Å². The third kappa shape index (κ3) is 49.2. The predicted molar refractivity (Wildman–Crippen MR) is 298 cm³/mol. The average molecular weight is 990 g/mol. The van der Waals surface area contributed by atoms with Crippen LogP contribution in [0, 0.1) is 0 Å². The summed E-state index contributed by atoms with van der Waals surface area (Å²) in [4.78, 5) is 42.3. The van der Waals surface area contributed by atoms with Gasteiger partial charge >= 0.3 is 18.1 Å². The molecule has 0 aliphatic rings. The Morgan fingerprint density at radius 3 is 1.17 bits per heavy atom. The molecule has 0 aromatic carbocycles. The van der Waals surface area contributed by atoms with Crippen LogP contribution in [0.15, 0.2) is 24.3 Å². The van der Waals surface area contributed by atoms with Gasteiger partial charge in [0.2, 0.25) is 0 Å². The zero-order chi connectivity index (χ0) is 51.2. The highest BCUT2D eigenvalue weighted by Crippen LogP contribution is 2.18. The van der Waals surface area contributed by atoms with E-state index in [4.69, 9.17) is 18.9 Å². The van der Waals surface area contributed by atoms with Crippen LogP contribution in [0.25, 0.3) is 0 Å². The highest BCUT2D eigenvalue weighted by molar-refractivity contribution is 5.69. The number of likely N-dealkylation sites (N-methyl/N-ethyl adjacent to an activating group) is 1. The quantitative estimate of drug-likeness (QED) is 0.0256. The van der Waals surface area contributed by atoms with Crippen LogP contribution in [0.2, 0.25) is 0 Å². The van der Waals surface area contributed by atoms with Crippen LogP contribution in [0.5, 0.6) is 0 Å². The van der Waals surface area contributed by atoms with Crippen LogP contribution >= 0.6 is 0 Å². The molecule has 0 spiro atoms. The third-order valence-electron chi connectivity index (χ3n) is 13.8. The molecule has 0 unspecified atom stereocenters. The minimum absolute atomic E-state index is 0.0723. The zero-order valence-electron chi connectivity index (χ0n) is 47.2. The molecule has 9 nitrogen and oxygen atoms in total. The van der Waals surface area contributed by atoms with Crippen molar-refractivity contribution < 1.29 is 33.3 Å². The first kappa shape index (κ1) is 67.6. The first-order valence-electron chi connectivity index (χ1n) is 30.2. The number of ether oxygens (including phenoxy) is 4. The predicted octanol–water partition coefficient (Wildman–Crippen LogP) is 17.6. The Morgan fingerprint density at radius 1 is 0.400 bits per heavy atom. The van der Waals surface area contributed by atoms with Gasteiger partial charge in [-0.15, -0.1) is 0 Å². The minimum atomic E-state index is -0.575. The van der Waals surface area contributed by atoms with Gasteiger partial charge in [-0.3, -0.25) is 14.5 Å². The Labute approximate surface area is 434 Å². The fraction of sp³-hybridized carbons (Fsp3) is 0.885. The monoisotopic (exact) mass is 989 g/mol. The van der Waals surface area contributed by atoms with Crippen molar-refractivity contribution in [1.29, 1.82) is 0 Å². The lowest BCUT2D eigenvalue weighted by molar-refractivity contribution is -0.144. The number of carbonyl (C=O) groups is 3. The lowest BCUT2D eigenvalue weighted by Gasteiger charge is -2.29. The summed E-state index contributed by atoms with van der Waals surface area (Å²) in [5, 5.41) is 0. The highest BCUT2D eigenvalue weighted by Gasteiger charge is 2.17. The first-order chi connectivity index (χ1) is 34.3. The van der Waals surface area contributed by atoms with Crippen LogP contribution in [0.3, 0.4) is 0 Å². The molecule has 0 atom stereocenters. The second-order valence-corrected chi connectivity index (χ2v) is 20.5. The van der Waals surface area contributed by atoms with Gasteiger partial charge in [0, 0.05) is 38.5 Å². The summed E-state index contributed by atoms with van der Waals surface area (Å²) in [6.07, 6.45) is 51.3.